The molecule has 5 nitrogen and oxygen atoms in total. The van der Waals surface area contributed by atoms with Crippen LogP contribution in [-0.4, -0.2) is 23.7 Å². The Labute approximate surface area is 132 Å². The van der Waals surface area contributed by atoms with Crippen molar-refractivity contribution in [2.24, 2.45) is 11.8 Å². The Hall–Kier alpha value is -1.56. The van der Waals surface area contributed by atoms with Gasteiger partial charge in [-0.2, -0.15) is 0 Å². The van der Waals surface area contributed by atoms with E-state index >= 15 is 0 Å². The normalized spacial score (nSPS) is 21.0. The number of carbonyl (C=O) groups is 2. The molecule has 1 fully saturated rings. The lowest BCUT2D eigenvalue weighted by molar-refractivity contribution is 0.0698. The van der Waals surface area contributed by atoms with Crippen molar-refractivity contribution in [3.8, 4) is 0 Å². The molecule has 0 aromatic heterocycles. The second-order valence-corrected chi connectivity index (χ2v) is 6.53. The van der Waals surface area contributed by atoms with E-state index in [9.17, 15) is 9.59 Å². The lowest BCUT2D eigenvalue weighted by atomic mass is 10.1. The van der Waals surface area contributed by atoms with E-state index in [1.165, 1.54) is 12.5 Å². The van der Waals surface area contributed by atoms with E-state index in [2.05, 4.69) is 33.5 Å². The van der Waals surface area contributed by atoms with Gasteiger partial charge < -0.3 is 15.7 Å². The fourth-order valence-electron chi connectivity index (χ4n) is 2.72. The van der Waals surface area contributed by atoms with Crippen molar-refractivity contribution in [2.75, 3.05) is 11.9 Å². The maximum absolute atomic E-state index is 11.9. The summed E-state index contributed by atoms with van der Waals surface area (Å²) in [6.45, 7) is 2.86. The third-order valence-corrected chi connectivity index (χ3v) is 4.31. The van der Waals surface area contributed by atoms with Crippen molar-refractivity contribution < 1.29 is 14.7 Å². The van der Waals surface area contributed by atoms with Crippen LogP contribution >= 0.6 is 15.9 Å². The predicted octanol–water partition coefficient (Wildman–Crippen LogP) is 3.71. The van der Waals surface area contributed by atoms with Gasteiger partial charge in [0.2, 0.25) is 0 Å². The number of amides is 2. The van der Waals surface area contributed by atoms with Gasteiger partial charge in [0.05, 0.1) is 11.3 Å². The summed E-state index contributed by atoms with van der Waals surface area (Å²) < 4.78 is 0.658. The van der Waals surface area contributed by atoms with Crippen LogP contribution in [0.25, 0.3) is 0 Å². The van der Waals surface area contributed by atoms with Gasteiger partial charge in [-0.25, -0.2) is 9.59 Å². The van der Waals surface area contributed by atoms with Crippen LogP contribution in [0.1, 0.15) is 36.5 Å². The molecule has 0 heterocycles. The van der Waals surface area contributed by atoms with E-state index in [1.807, 2.05) is 0 Å². The zero-order valence-corrected chi connectivity index (χ0v) is 13.4. The van der Waals surface area contributed by atoms with Crippen molar-refractivity contribution in [2.45, 2.75) is 26.2 Å². The van der Waals surface area contributed by atoms with Gasteiger partial charge in [0.15, 0.2) is 0 Å². The van der Waals surface area contributed by atoms with Gasteiger partial charge in [0.1, 0.15) is 0 Å². The predicted molar refractivity (Wildman–Crippen MR) is 84.6 cm³/mol. The van der Waals surface area contributed by atoms with Gasteiger partial charge in [-0.15, -0.1) is 0 Å². The molecule has 2 rings (SSSR count). The Morgan fingerprint density at radius 3 is 2.76 bits per heavy atom. The van der Waals surface area contributed by atoms with Crippen LogP contribution < -0.4 is 10.6 Å². The number of hydrogen-bond acceptors (Lipinski definition) is 2. The summed E-state index contributed by atoms with van der Waals surface area (Å²) >= 11 is 3.22. The highest BCUT2D eigenvalue weighted by molar-refractivity contribution is 9.10. The highest BCUT2D eigenvalue weighted by Gasteiger charge is 2.21. The van der Waals surface area contributed by atoms with Crippen LogP contribution in [-0.2, 0) is 0 Å². The molecule has 1 aliphatic carbocycles. The minimum Gasteiger partial charge on any atom is -0.478 e. The average molecular weight is 355 g/mol. The monoisotopic (exact) mass is 354 g/mol. The molecule has 6 heteroatoms. The highest BCUT2D eigenvalue weighted by atomic mass is 79.9. The molecule has 2 amide bonds. The zero-order valence-electron chi connectivity index (χ0n) is 11.9. The SMILES string of the molecule is CC1CCC(CNC(=O)Nc2ccc(Br)cc2C(=O)O)C1. The number of carboxylic acids is 1. The number of urea groups is 1. The van der Waals surface area contributed by atoms with Crippen molar-refractivity contribution >= 4 is 33.6 Å². The number of halogens is 1. The standard InChI is InChI=1S/C15H19BrN2O3/c1-9-2-3-10(6-9)8-17-15(21)18-13-5-4-11(16)7-12(13)14(19)20/h4-5,7,9-10H,2-3,6,8H2,1H3,(H,19,20)(H2,17,18,21). The third kappa shape index (κ3) is 4.46. The minimum absolute atomic E-state index is 0.0639. The third-order valence-electron chi connectivity index (χ3n) is 3.81. The van der Waals surface area contributed by atoms with E-state index in [4.69, 9.17) is 5.11 Å². The van der Waals surface area contributed by atoms with Gasteiger partial charge in [-0.3, -0.25) is 0 Å². The van der Waals surface area contributed by atoms with Gasteiger partial charge >= 0.3 is 12.0 Å². The Morgan fingerprint density at radius 2 is 2.14 bits per heavy atom. The first-order valence-corrected chi connectivity index (χ1v) is 7.82. The molecule has 114 valence electrons. The van der Waals surface area contributed by atoms with Gasteiger partial charge in [-0.1, -0.05) is 29.3 Å². The first kappa shape index (κ1) is 15.8. The number of carboxylic acid groups (broad SMARTS) is 1. The molecule has 1 saturated carbocycles. The average Bonchev–Trinajstić information content (AvgIpc) is 2.84. The van der Waals surface area contributed by atoms with E-state index in [1.54, 1.807) is 12.1 Å². The van der Waals surface area contributed by atoms with Crippen molar-refractivity contribution in [1.82, 2.24) is 5.32 Å². The number of carbonyl (C=O) groups excluding carboxylic acids is 1. The van der Waals surface area contributed by atoms with Crippen LogP contribution in [0.5, 0.6) is 0 Å². The molecule has 2 atom stereocenters. The number of benzene rings is 1. The van der Waals surface area contributed by atoms with Gasteiger partial charge in [0.25, 0.3) is 0 Å². The summed E-state index contributed by atoms with van der Waals surface area (Å²) in [5.41, 5.74) is 0.358. The molecule has 0 radical (unpaired) electrons. The van der Waals surface area contributed by atoms with Crippen molar-refractivity contribution in [1.29, 1.82) is 0 Å². The van der Waals surface area contributed by atoms with Crippen LogP contribution in [0.2, 0.25) is 0 Å². The molecule has 0 bridgehead atoms. The fraction of sp³-hybridized carbons (Fsp3) is 0.467. The van der Waals surface area contributed by atoms with E-state index in [0.29, 0.717) is 22.6 Å². The van der Waals surface area contributed by atoms with Crippen LogP contribution in [0.3, 0.4) is 0 Å². The lowest BCUT2D eigenvalue weighted by Gasteiger charge is -2.13. The summed E-state index contributed by atoms with van der Waals surface area (Å²) in [5, 5.41) is 14.6. The van der Waals surface area contributed by atoms with Crippen LogP contribution in [0.4, 0.5) is 10.5 Å². The molecular formula is C15H19BrN2O3. The molecule has 0 aliphatic heterocycles. The first-order valence-electron chi connectivity index (χ1n) is 7.03. The highest BCUT2D eigenvalue weighted by Crippen LogP contribution is 2.29. The maximum Gasteiger partial charge on any atom is 0.337 e. The van der Waals surface area contributed by atoms with Crippen LogP contribution in [0.15, 0.2) is 22.7 Å². The summed E-state index contributed by atoms with van der Waals surface area (Å²) in [4.78, 5) is 23.0. The Morgan fingerprint density at radius 1 is 1.38 bits per heavy atom. The van der Waals surface area contributed by atoms with E-state index in [-0.39, 0.29) is 11.6 Å². The fourth-order valence-corrected chi connectivity index (χ4v) is 3.08. The molecule has 1 aliphatic rings. The maximum atomic E-state index is 11.9. The molecule has 0 saturated heterocycles. The van der Waals surface area contributed by atoms with Gasteiger partial charge in [0, 0.05) is 11.0 Å². The topological polar surface area (TPSA) is 78.4 Å². The number of aromatic carboxylic acids is 1. The van der Waals surface area contributed by atoms with E-state index in [0.717, 1.165) is 18.8 Å². The van der Waals surface area contributed by atoms with E-state index < -0.39 is 5.97 Å². The number of rotatable bonds is 4. The minimum atomic E-state index is -1.07. The van der Waals surface area contributed by atoms with Crippen molar-refractivity contribution in [3.63, 3.8) is 0 Å². The smallest absolute Gasteiger partial charge is 0.337 e. The Balaban J connectivity index is 1.92. The second kappa shape index (κ2) is 6.93. The Bertz CT molecular complexity index is 548. The van der Waals surface area contributed by atoms with Crippen LogP contribution in [0, 0.1) is 11.8 Å². The first-order chi connectivity index (χ1) is 9.95. The summed E-state index contributed by atoms with van der Waals surface area (Å²) in [6.07, 6.45) is 3.49. The molecule has 21 heavy (non-hydrogen) atoms. The quantitative estimate of drug-likeness (QED) is 0.771. The zero-order chi connectivity index (χ0) is 15.4. The van der Waals surface area contributed by atoms with Crippen molar-refractivity contribution in [3.05, 3.63) is 28.2 Å². The number of hydrogen-bond donors (Lipinski definition) is 3. The molecule has 1 aromatic rings. The summed E-state index contributed by atoms with van der Waals surface area (Å²) in [5.74, 6) is 0.177. The molecule has 0 spiro atoms. The molecular weight excluding hydrogens is 336 g/mol. The lowest BCUT2D eigenvalue weighted by Crippen LogP contribution is -2.33. The van der Waals surface area contributed by atoms with Gasteiger partial charge in [-0.05, 0) is 42.9 Å². The largest absolute Gasteiger partial charge is 0.478 e. The summed E-state index contributed by atoms with van der Waals surface area (Å²) in [6, 6.07) is 4.38. The molecule has 3 N–H and O–H groups in total. The summed E-state index contributed by atoms with van der Waals surface area (Å²) in [7, 11) is 0. The molecule has 1 aromatic carbocycles. The molecule has 2 unspecified atom stereocenters. The number of anilines is 1. The number of nitrogens with one attached hydrogen (secondary N) is 2. The Kier molecular flexibility index (Phi) is 5.22. The second-order valence-electron chi connectivity index (χ2n) is 5.61.